The summed E-state index contributed by atoms with van der Waals surface area (Å²) < 4.78 is 0. The number of Topliss-reactive ketones (excluding diaryl/α,β-unsaturated/α-hetero) is 1. The molecule has 10 heteroatoms. The van der Waals surface area contributed by atoms with E-state index < -0.39 is 35.9 Å². The van der Waals surface area contributed by atoms with Crippen molar-refractivity contribution in [2.45, 2.75) is 52.6 Å². The van der Waals surface area contributed by atoms with Crippen LogP contribution in [-0.4, -0.2) is 39.7 Å². The summed E-state index contributed by atoms with van der Waals surface area (Å²) in [6.45, 7) is 9.05. The third-order valence-electron chi connectivity index (χ3n) is 7.82. The third-order valence-corrected chi connectivity index (χ3v) is 9.87. The number of carbonyl (C=O) groups excluding carboxylic acids is 3. The predicted molar refractivity (Wildman–Crippen MR) is 170 cm³/mol. The normalized spacial score (nSPS) is 19.7. The maximum atomic E-state index is 14.6. The van der Waals surface area contributed by atoms with Crippen LogP contribution in [0, 0.1) is 33.6 Å². The van der Waals surface area contributed by atoms with Crippen LogP contribution in [0.3, 0.4) is 0 Å². The molecule has 3 amide bonds. The highest BCUT2D eigenvalue weighted by Crippen LogP contribution is 2.53. The topological polar surface area (TPSA) is 116 Å². The first-order chi connectivity index (χ1) is 20.5. The number of likely N-dealkylation sites (tertiary alicyclic amines) is 1. The molecule has 0 saturated carbocycles. The van der Waals surface area contributed by atoms with Gasteiger partial charge < -0.3 is 20.6 Å². The fourth-order valence-electron chi connectivity index (χ4n) is 6.07. The molecular formula is C33H33N3O5S2. The van der Waals surface area contributed by atoms with Gasteiger partial charge in [-0.05, 0) is 86.2 Å². The summed E-state index contributed by atoms with van der Waals surface area (Å²) in [4.78, 5) is 57.6. The average molecular weight is 616 g/mol. The molecule has 4 aromatic rings. The van der Waals surface area contributed by atoms with Gasteiger partial charge in [-0.1, -0.05) is 24.3 Å². The van der Waals surface area contributed by atoms with Gasteiger partial charge in [0.15, 0.2) is 5.78 Å². The number of benzene rings is 2. The second-order valence-electron chi connectivity index (χ2n) is 10.9. The van der Waals surface area contributed by atoms with E-state index in [0.29, 0.717) is 22.5 Å². The van der Waals surface area contributed by atoms with E-state index in [1.54, 1.807) is 30.3 Å². The summed E-state index contributed by atoms with van der Waals surface area (Å²) in [5, 5.41) is 18.3. The van der Waals surface area contributed by atoms with E-state index in [1.165, 1.54) is 34.5 Å². The van der Waals surface area contributed by atoms with Gasteiger partial charge in [-0.3, -0.25) is 9.59 Å². The molecule has 0 bridgehead atoms. The van der Waals surface area contributed by atoms with Crippen molar-refractivity contribution in [1.82, 2.24) is 4.90 Å². The van der Waals surface area contributed by atoms with Gasteiger partial charge in [0.2, 0.25) is 5.91 Å². The number of carbonyl (C=O) groups is 4. The number of ketones is 1. The molecule has 43 heavy (non-hydrogen) atoms. The van der Waals surface area contributed by atoms with Crippen LogP contribution in [0.2, 0.25) is 0 Å². The van der Waals surface area contributed by atoms with Gasteiger partial charge in [0.25, 0.3) is 0 Å². The molecule has 0 radical (unpaired) electrons. The second-order valence-corrected chi connectivity index (χ2v) is 13.4. The number of thiophene rings is 2. The molecule has 1 aliphatic rings. The van der Waals surface area contributed by atoms with Gasteiger partial charge in [-0.15, -0.1) is 22.7 Å². The Hall–Kier alpha value is -4.28. The van der Waals surface area contributed by atoms with Gasteiger partial charge in [0, 0.05) is 44.4 Å². The summed E-state index contributed by atoms with van der Waals surface area (Å²) in [5.74, 6) is -3.40. The van der Waals surface area contributed by atoms with Gasteiger partial charge in [-0.2, -0.15) is 0 Å². The summed E-state index contributed by atoms with van der Waals surface area (Å²) in [6.07, 6.45) is 0. The number of hydrogen-bond donors (Lipinski definition) is 3. The highest BCUT2D eigenvalue weighted by molar-refractivity contribution is 7.12. The number of anilines is 2. The van der Waals surface area contributed by atoms with Crippen molar-refractivity contribution in [2.24, 2.45) is 5.92 Å². The lowest BCUT2D eigenvalue weighted by atomic mass is 9.77. The molecule has 222 valence electrons. The zero-order chi connectivity index (χ0) is 31.0. The van der Waals surface area contributed by atoms with Gasteiger partial charge in [0.05, 0.1) is 12.0 Å². The standard InChI is InChI=1S/C33H33N3O5S2/c1-17-7-6-8-24(15-17)35-33(41)36-28(31-18(2)13-14-42-31)27(30(38)25-16-19(3)43-20(25)4)26(29(36)32(39)40)22-9-11-23(12-10-22)34-21(5)37/h6-16,26-29H,1-5H3,(H,34,37)(H,35,41)(H,39,40). The predicted octanol–water partition coefficient (Wildman–Crippen LogP) is 7.33. The zero-order valence-corrected chi connectivity index (χ0v) is 26.1. The van der Waals surface area contributed by atoms with Gasteiger partial charge >= 0.3 is 12.0 Å². The Balaban J connectivity index is 1.71. The Morgan fingerprint density at radius 2 is 1.60 bits per heavy atom. The van der Waals surface area contributed by atoms with Crippen LogP contribution in [0.1, 0.15) is 60.6 Å². The van der Waals surface area contributed by atoms with Crippen molar-refractivity contribution in [1.29, 1.82) is 0 Å². The van der Waals surface area contributed by atoms with Crippen molar-refractivity contribution in [3.8, 4) is 0 Å². The smallest absolute Gasteiger partial charge is 0.327 e. The van der Waals surface area contributed by atoms with Crippen LogP contribution < -0.4 is 10.6 Å². The number of aliphatic carboxylic acids is 1. The van der Waals surface area contributed by atoms with E-state index in [2.05, 4.69) is 10.6 Å². The lowest BCUT2D eigenvalue weighted by Crippen LogP contribution is -2.45. The fraction of sp³-hybridized carbons (Fsp3) is 0.273. The highest BCUT2D eigenvalue weighted by atomic mass is 32.1. The molecule has 0 aliphatic carbocycles. The Kier molecular flexibility index (Phi) is 8.52. The molecule has 5 rings (SSSR count). The first kappa shape index (κ1) is 30.2. The molecule has 3 heterocycles. The number of carboxylic acids is 1. The molecule has 4 atom stereocenters. The second kappa shape index (κ2) is 12.1. The van der Waals surface area contributed by atoms with Crippen molar-refractivity contribution >= 4 is 57.7 Å². The van der Waals surface area contributed by atoms with Gasteiger partial charge in [-0.25, -0.2) is 9.59 Å². The van der Waals surface area contributed by atoms with Crippen molar-refractivity contribution < 1.29 is 24.3 Å². The van der Waals surface area contributed by atoms with Crippen molar-refractivity contribution in [3.63, 3.8) is 0 Å². The van der Waals surface area contributed by atoms with Gasteiger partial charge in [0.1, 0.15) is 6.04 Å². The molecule has 0 spiro atoms. The van der Waals surface area contributed by atoms with Crippen molar-refractivity contribution in [2.75, 3.05) is 10.6 Å². The lowest BCUT2D eigenvalue weighted by molar-refractivity contribution is -0.142. The van der Waals surface area contributed by atoms with E-state index in [9.17, 15) is 24.3 Å². The Bertz CT molecular complexity index is 1710. The molecule has 1 saturated heterocycles. The number of urea groups is 1. The molecule has 1 aliphatic heterocycles. The molecule has 3 N–H and O–H groups in total. The Morgan fingerprint density at radius 1 is 0.884 bits per heavy atom. The molecule has 1 fully saturated rings. The van der Waals surface area contributed by atoms with Crippen LogP contribution in [0.15, 0.2) is 66.0 Å². The minimum Gasteiger partial charge on any atom is -0.480 e. The number of rotatable bonds is 7. The Morgan fingerprint density at radius 3 is 2.16 bits per heavy atom. The monoisotopic (exact) mass is 615 g/mol. The maximum Gasteiger partial charge on any atom is 0.327 e. The van der Waals surface area contributed by atoms with E-state index >= 15 is 0 Å². The first-order valence-electron chi connectivity index (χ1n) is 13.9. The average Bonchev–Trinajstić information content (AvgIpc) is 3.62. The number of hydrogen-bond acceptors (Lipinski definition) is 6. The van der Waals surface area contributed by atoms with E-state index in [1.807, 2.05) is 63.4 Å². The lowest BCUT2D eigenvalue weighted by Gasteiger charge is -2.30. The minimum absolute atomic E-state index is 0.201. The van der Waals surface area contributed by atoms with E-state index in [0.717, 1.165) is 25.8 Å². The number of nitrogens with zero attached hydrogens (tertiary/aromatic N) is 1. The fourth-order valence-corrected chi connectivity index (χ4v) is 8.07. The molecule has 2 aromatic heterocycles. The van der Waals surface area contributed by atoms with E-state index in [4.69, 9.17) is 0 Å². The molecule has 4 unspecified atom stereocenters. The number of nitrogens with one attached hydrogen (secondary N) is 2. The van der Waals surface area contributed by atoms with Crippen LogP contribution >= 0.6 is 22.7 Å². The molecule has 8 nitrogen and oxygen atoms in total. The third kappa shape index (κ3) is 5.98. The summed E-state index contributed by atoms with van der Waals surface area (Å²) >= 11 is 2.92. The Labute approximate surface area is 258 Å². The summed E-state index contributed by atoms with van der Waals surface area (Å²) in [6, 6.07) is 15.1. The number of carboxylic acid groups (broad SMARTS) is 1. The first-order valence-corrected chi connectivity index (χ1v) is 15.6. The SMILES string of the molecule is CC(=O)Nc1ccc(C2C(C(=O)c3cc(C)sc3C)C(c3sccc3C)N(C(=O)Nc3cccc(C)c3)C2C(=O)O)cc1. The largest absolute Gasteiger partial charge is 0.480 e. The maximum absolute atomic E-state index is 14.6. The minimum atomic E-state index is -1.35. The zero-order valence-electron chi connectivity index (χ0n) is 24.5. The highest BCUT2D eigenvalue weighted by Gasteiger charge is 2.58. The van der Waals surface area contributed by atoms with Crippen molar-refractivity contribution in [3.05, 3.63) is 103 Å². The summed E-state index contributed by atoms with van der Waals surface area (Å²) in [7, 11) is 0. The number of aryl methyl sites for hydroxylation is 4. The van der Waals surface area contributed by atoms with Crippen LogP contribution in [0.5, 0.6) is 0 Å². The number of amides is 3. The molecular weight excluding hydrogens is 583 g/mol. The van der Waals surface area contributed by atoms with Crippen LogP contribution in [0.25, 0.3) is 0 Å². The summed E-state index contributed by atoms with van der Waals surface area (Å²) in [5.41, 5.74) is 4.03. The van der Waals surface area contributed by atoms with Crippen LogP contribution in [-0.2, 0) is 9.59 Å². The molecule has 2 aromatic carbocycles. The van der Waals surface area contributed by atoms with Crippen LogP contribution in [0.4, 0.5) is 16.2 Å². The quantitative estimate of drug-likeness (QED) is 0.188. The van der Waals surface area contributed by atoms with E-state index in [-0.39, 0.29) is 11.7 Å².